The van der Waals surface area contributed by atoms with Gasteiger partial charge >= 0.3 is 0 Å². The number of hydrogen-bond donors (Lipinski definition) is 0. The number of likely N-dealkylation sites (tertiary alicyclic amines) is 2. The largest absolute Gasteiger partial charge is 0.302 e. The lowest BCUT2D eigenvalue weighted by atomic mass is 10.1. The average molecular weight is 405 g/mol. The van der Waals surface area contributed by atoms with Crippen LogP contribution < -0.4 is 5.56 Å². The number of hydrogen-bond acceptors (Lipinski definition) is 4. The van der Waals surface area contributed by atoms with Crippen molar-refractivity contribution in [1.82, 2.24) is 19.4 Å². The summed E-state index contributed by atoms with van der Waals surface area (Å²) in [6.45, 7) is 4.50. The molecule has 2 saturated heterocycles. The van der Waals surface area contributed by atoms with Gasteiger partial charge < -0.3 is 4.90 Å². The minimum absolute atomic E-state index is 0.0713. The summed E-state index contributed by atoms with van der Waals surface area (Å²) in [5, 5.41) is 0.408. The predicted octanol–water partition coefficient (Wildman–Crippen LogP) is 3.67. The highest BCUT2D eigenvalue weighted by molar-refractivity contribution is 5.77. The molecule has 2 fully saturated rings. The molecule has 0 spiro atoms. The molecule has 4 rings (SSSR count). The summed E-state index contributed by atoms with van der Waals surface area (Å²) < 4.78 is 27.8. The van der Waals surface area contributed by atoms with Gasteiger partial charge in [-0.05, 0) is 57.5 Å². The van der Waals surface area contributed by atoms with Crippen LogP contribution in [-0.2, 0) is 6.54 Å². The molecule has 1 unspecified atom stereocenters. The van der Waals surface area contributed by atoms with E-state index in [9.17, 15) is 13.6 Å². The molecule has 1 atom stereocenters. The maximum absolute atomic E-state index is 13.3. The van der Waals surface area contributed by atoms with Gasteiger partial charge in [-0.25, -0.2) is 13.8 Å². The number of fused-ring (bicyclic) bond motifs is 1. The SMILES string of the molecule is O=c1c2ccccc2nc(C2CCCN2CCN2CCCCCC2)n1CC(F)F. The Labute approximate surface area is 170 Å². The predicted molar refractivity (Wildman–Crippen MR) is 110 cm³/mol. The smallest absolute Gasteiger partial charge is 0.261 e. The third kappa shape index (κ3) is 4.67. The van der Waals surface area contributed by atoms with Gasteiger partial charge in [0.2, 0.25) is 0 Å². The molecule has 7 heteroatoms. The first-order valence-corrected chi connectivity index (χ1v) is 10.9. The topological polar surface area (TPSA) is 41.4 Å². The molecule has 5 nitrogen and oxygen atoms in total. The molecular formula is C22H30F2N4O. The van der Waals surface area contributed by atoms with E-state index in [0.29, 0.717) is 16.7 Å². The van der Waals surface area contributed by atoms with Crippen LogP contribution in [-0.4, -0.2) is 58.5 Å². The Bertz CT molecular complexity index is 877. The van der Waals surface area contributed by atoms with E-state index < -0.39 is 13.0 Å². The van der Waals surface area contributed by atoms with Crippen LogP contribution >= 0.6 is 0 Å². The van der Waals surface area contributed by atoms with Crippen molar-refractivity contribution in [1.29, 1.82) is 0 Å². The highest BCUT2D eigenvalue weighted by Crippen LogP contribution is 2.31. The van der Waals surface area contributed by atoms with E-state index in [2.05, 4.69) is 9.80 Å². The summed E-state index contributed by atoms with van der Waals surface area (Å²) in [5.41, 5.74) is 0.239. The molecule has 0 saturated carbocycles. The van der Waals surface area contributed by atoms with Crippen molar-refractivity contribution >= 4 is 10.9 Å². The third-order valence-electron chi connectivity index (χ3n) is 6.28. The highest BCUT2D eigenvalue weighted by Gasteiger charge is 2.31. The second-order valence-electron chi connectivity index (χ2n) is 8.24. The Morgan fingerprint density at radius 2 is 1.76 bits per heavy atom. The van der Waals surface area contributed by atoms with Crippen LogP contribution in [0.3, 0.4) is 0 Å². The Hall–Kier alpha value is -1.86. The Balaban J connectivity index is 1.60. The molecule has 0 bridgehead atoms. The summed E-state index contributed by atoms with van der Waals surface area (Å²) in [6, 6.07) is 6.98. The zero-order valence-electron chi connectivity index (χ0n) is 16.9. The molecule has 3 heterocycles. The number of nitrogens with zero attached hydrogens (tertiary/aromatic N) is 4. The van der Waals surface area contributed by atoms with Crippen molar-refractivity contribution in [2.24, 2.45) is 0 Å². The van der Waals surface area contributed by atoms with Crippen molar-refractivity contribution in [3.8, 4) is 0 Å². The Morgan fingerprint density at radius 3 is 2.52 bits per heavy atom. The maximum atomic E-state index is 13.3. The lowest BCUT2D eigenvalue weighted by Crippen LogP contribution is -2.38. The van der Waals surface area contributed by atoms with Gasteiger partial charge in [0.25, 0.3) is 12.0 Å². The second-order valence-corrected chi connectivity index (χ2v) is 8.24. The van der Waals surface area contributed by atoms with Crippen molar-refractivity contribution in [2.45, 2.75) is 57.5 Å². The van der Waals surface area contributed by atoms with Gasteiger partial charge in [-0.2, -0.15) is 0 Å². The normalized spacial score (nSPS) is 21.8. The van der Waals surface area contributed by atoms with E-state index in [1.54, 1.807) is 18.2 Å². The van der Waals surface area contributed by atoms with E-state index >= 15 is 0 Å². The fourth-order valence-electron chi connectivity index (χ4n) is 4.77. The molecule has 1 aromatic carbocycles. The van der Waals surface area contributed by atoms with E-state index in [1.165, 1.54) is 30.3 Å². The quantitative estimate of drug-likeness (QED) is 0.737. The van der Waals surface area contributed by atoms with Crippen LogP contribution in [0.1, 0.15) is 50.4 Å². The lowest BCUT2D eigenvalue weighted by Gasteiger charge is -2.29. The molecule has 158 valence electrons. The maximum Gasteiger partial charge on any atom is 0.261 e. The summed E-state index contributed by atoms with van der Waals surface area (Å²) in [4.78, 5) is 22.5. The highest BCUT2D eigenvalue weighted by atomic mass is 19.3. The lowest BCUT2D eigenvalue weighted by molar-refractivity contribution is 0.119. The van der Waals surface area contributed by atoms with Crippen molar-refractivity contribution in [3.63, 3.8) is 0 Å². The minimum Gasteiger partial charge on any atom is -0.302 e. The number of para-hydroxylation sites is 1. The van der Waals surface area contributed by atoms with Gasteiger partial charge in [-0.3, -0.25) is 14.3 Å². The van der Waals surface area contributed by atoms with Crippen LogP contribution in [0.4, 0.5) is 8.78 Å². The molecular weight excluding hydrogens is 374 g/mol. The fourth-order valence-corrected chi connectivity index (χ4v) is 4.77. The molecule has 1 aromatic heterocycles. The number of benzene rings is 1. The Kier molecular flexibility index (Phi) is 6.55. The summed E-state index contributed by atoms with van der Waals surface area (Å²) in [5.74, 6) is 0.502. The number of halogens is 2. The van der Waals surface area contributed by atoms with Gasteiger partial charge in [-0.15, -0.1) is 0 Å². The molecule has 0 radical (unpaired) electrons. The number of rotatable bonds is 6. The van der Waals surface area contributed by atoms with E-state index in [4.69, 9.17) is 4.98 Å². The summed E-state index contributed by atoms with van der Waals surface area (Å²) in [6.07, 6.45) is 4.40. The van der Waals surface area contributed by atoms with Crippen molar-refractivity contribution in [3.05, 3.63) is 40.4 Å². The fraction of sp³-hybridized carbons (Fsp3) is 0.636. The van der Waals surface area contributed by atoms with E-state index in [0.717, 1.165) is 45.6 Å². The summed E-state index contributed by atoms with van der Waals surface area (Å²) in [7, 11) is 0. The monoisotopic (exact) mass is 404 g/mol. The van der Waals surface area contributed by atoms with E-state index in [1.807, 2.05) is 6.07 Å². The van der Waals surface area contributed by atoms with Gasteiger partial charge in [0.05, 0.1) is 23.5 Å². The van der Waals surface area contributed by atoms with Crippen LogP contribution in [0.15, 0.2) is 29.1 Å². The summed E-state index contributed by atoms with van der Waals surface area (Å²) >= 11 is 0. The molecule has 0 N–H and O–H groups in total. The first-order valence-electron chi connectivity index (χ1n) is 10.9. The second kappa shape index (κ2) is 9.30. The first-order chi connectivity index (χ1) is 14.1. The van der Waals surface area contributed by atoms with Crippen molar-refractivity contribution in [2.75, 3.05) is 32.7 Å². The molecule has 2 aromatic rings. The zero-order valence-corrected chi connectivity index (χ0v) is 16.9. The Morgan fingerprint density at radius 1 is 1.00 bits per heavy atom. The van der Waals surface area contributed by atoms with Crippen LogP contribution in [0.5, 0.6) is 0 Å². The third-order valence-corrected chi connectivity index (χ3v) is 6.28. The minimum atomic E-state index is -2.58. The molecule has 2 aliphatic heterocycles. The van der Waals surface area contributed by atoms with Crippen LogP contribution in [0.25, 0.3) is 10.9 Å². The van der Waals surface area contributed by atoms with E-state index in [-0.39, 0.29) is 11.6 Å². The molecule has 0 aliphatic carbocycles. The molecule has 0 amide bonds. The van der Waals surface area contributed by atoms with Crippen molar-refractivity contribution < 1.29 is 8.78 Å². The van der Waals surface area contributed by atoms with Gasteiger partial charge in [0, 0.05) is 13.1 Å². The molecule has 2 aliphatic rings. The standard InChI is InChI=1S/C22H30F2N4O/c23-20(24)16-28-21(25-18-9-4-3-8-17(18)22(28)29)19-10-7-13-27(19)15-14-26-11-5-1-2-6-12-26/h3-4,8-9,19-20H,1-2,5-7,10-16H2. The number of aromatic nitrogens is 2. The first kappa shape index (κ1) is 20.4. The van der Waals surface area contributed by atoms with Crippen LogP contribution in [0.2, 0.25) is 0 Å². The average Bonchev–Trinajstić information content (AvgIpc) is 3.02. The number of alkyl halides is 2. The van der Waals surface area contributed by atoms with Crippen LogP contribution in [0, 0.1) is 0 Å². The zero-order chi connectivity index (χ0) is 20.2. The van der Waals surface area contributed by atoms with Gasteiger partial charge in [0.1, 0.15) is 5.82 Å². The van der Waals surface area contributed by atoms with Gasteiger partial charge in [0.15, 0.2) is 0 Å². The van der Waals surface area contributed by atoms with Gasteiger partial charge in [-0.1, -0.05) is 25.0 Å². The molecule has 29 heavy (non-hydrogen) atoms.